The molecular weight excluding hydrogens is 372 g/mol. The van der Waals surface area contributed by atoms with Gasteiger partial charge in [-0.3, -0.25) is 9.59 Å². The Balaban J connectivity index is 1.80. The molecule has 0 radical (unpaired) electrons. The zero-order chi connectivity index (χ0) is 19.6. The number of fused-ring (bicyclic) bond motifs is 1. The van der Waals surface area contributed by atoms with Gasteiger partial charge in [0.15, 0.2) is 11.8 Å². The van der Waals surface area contributed by atoms with Gasteiger partial charge in [-0.1, -0.05) is 29.8 Å². The number of amides is 1. The minimum atomic E-state index is -1.10. The summed E-state index contributed by atoms with van der Waals surface area (Å²) < 4.78 is 6.27. The molecule has 0 spiro atoms. The summed E-state index contributed by atoms with van der Waals surface area (Å²) in [4.78, 5) is 40.8. The van der Waals surface area contributed by atoms with E-state index in [2.05, 4.69) is 15.4 Å². The lowest BCUT2D eigenvalue weighted by Gasteiger charge is -2.14. The van der Waals surface area contributed by atoms with E-state index in [9.17, 15) is 14.4 Å². The first-order chi connectivity index (χ1) is 12.9. The fourth-order valence-electron chi connectivity index (χ4n) is 2.40. The molecule has 0 aliphatic heterocycles. The Labute approximate surface area is 158 Å². The zero-order valence-electron chi connectivity index (χ0n) is 14.5. The fraction of sp³-hybridized carbons (Fsp3) is 0.167. The van der Waals surface area contributed by atoms with Crippen molar-refractivity contribution >= 4 is 40.1 Å². The number of carbonyl (C=O) groups is 2. The van der Waals surface area contributed by atoms with E-state index in [0.29, 0.717) is 15.8 Å². The number of hydrogen-bond acceptors (Lipinski definition) is 6. The third kappa shape index (κ3) is 3.95. The van der Waals surface area contributed by atoms with Gasteiger partial charge in [0, 0.05) is 18.6 Å². The quantitative estimate of drug-likeness (QED) is 0.689. The fourth-order valence-corrected chi connectivity index (χ4v) is 2.51. The number of ether oxygens (including phenoxy) is 1. The van der Waals surface area contributed by atoms with Crippen LogP contribution in [0.4, 0.5) is 5.82 Å². The lowest BCUT2D eigenvalue weighted by Crippen LogP contribution is -2.31. The number of hydrogen-bond donors (Lipinski definition) is 1. The van der Waals surface area contributed by atoms with E-state index in [0.717, 1.165) is 4.68 Å². The molecule has 0 aliphatic rings. The van der Waals surface area contributed by atoms with Gasteiger partial charge in [-0.25, -0.2) is 14.5 Å². The van der Waals surface area contributed by atoms with Crippen LogP contribution >= 0.6 is 11.6 Å². The van der Waals surface area contributed by atoms with Crippen molar-refractivity contribution in [1.82, 2.24) is 14.8 Å². The van der Waals surface area contributed by atoms with E-state index >= 15 is 0 Å². The number of halogens is 1. The lowest BCUT2D eigenvalue weighted by atomic mass is 10.1. The predicted molar refractivity (Wildman–Crippen MR) is 99.7 cm³/mol. The first-order valence-corrected chi connectivity index (χ1v) is 8.34. The molecular formula is C18H15ClN4O4. The molecule has 2 aromatic heterocycles. The van der Waals surface area contributed by atoms with Gasteiger partial charge in [0.2, 0.25) is 0 Å². The summed E-state index contributed by atoms with van der Waals surface area (Å²) in [5.74, 6) is -1.10. The monoisotopic (exact) mass is 386 g/mol. The summed E-state index contributed by atoms with van der Waals surface area (Å²) in [5.41, 5.74) is -0.376. The van der Waals surface area contributed by atoms with E-state index in [4.69, 9.17) is 16.3 Å². The van der Waals surface area contributed by atoms with Crippen LogP contribution in [0.3, 0.4) is 0 Å². The second-order valence-corrected chi connectivity index (χ2v) is 6.16. The van der Waals surface area contributed by atoms with Crippen molar-refractivity contribution in [3.05, 3.63) is 63.7 Å². The average molecular weight is 387 g/mol. The number of nitrogens with one attached hydrogen (secondary N) is 1. The van der Waals surface area contributed by atoms with E-state index in [1.165, 1.54) is 26.2 Å². The van der Waals surface area contributed by atoms with Crippen LogP contribution < -0.4 is 10.9 Å². The van der Waals surface area contributed by atoms with E-state index < -0.39 is 18.0 Å². The molecule has 27 heavy (non-hydrogen) atoms. The molecule has 0 saturated carbocycles. The van der Waals surface area contributed by atoms with Gasteiger partial charge in [0.25, 0.3) is 11.5 Å². The van der Waals surface area contributed by atoms with Crippen LogP contribution in [0, 0.1) is 0 Å². The summed E-state index contributed by atoms with van der Waals surface area (Å²) in [5, 5.41) is 7.63. The Hall–Kier alpha value is -3.26. The maximum atomic E-state index is 12.5. The van der Waals surface area contributed by atoms with Gasteiger partial charge in [0.1, 0.15) is 5.82 Å². The maximum Gasteiger partial charge on any atom is 0.360 e. The Bertz CT molecular complexity index is 1080. The molecule has 0 saturated heterocycles. The SMILES string of the molecule is C[C@H](OC(=O)c1nn(C)c(=O)c2ccccc12)C(=O)Nc1ccc(Cl)cn1. The normalized spacial score (nSPS) is 11.8. The largest absolute Gasteiger partial charge is 0.448 e. The van der Waals surface area contributed by atoms with Gasteiger partial charge in [-0.15, -0.1) is 0 Å². The van der Waals surface area contributed by atoms with Gasteiger partial charge >= 0.3 is 5.97 Å². The van der Waals surface area contributed by atoms with Gasteiger partial charge in [-0.05, 0) is 25.1 Å². The number of pyridine rings is 1. The molecule has 8 nitrogen and oxygen atoms in total. The van der Waals surface area contributed by atoms with E-state index in [-0.39, 0.29) is 17.1 Å². The summed E-state index contributed by atoms with van der Waals surface area (Å²) in [6, 6.07) is 9.66. The molecule has 1 atom stereocenters. The highest BCUT2D eigenvalue weighted by Gasteiger charge is 2.23. The summed E-state index contributed by atoms with van der Waals surface area (Å²) >= 11 is 5.74. The molecule has 3 rings (SSSR count). The first-order valence-electron chi connectivity index (χ1n) is 7.96. The van der Waals surface area contributed by atoms with Crippen molar-refractivity contribution in [2.75, 3.05) is 5.32 Å². The number of esters is 1. The van der Waals surface area contributed by atoms with Crippen LogP contribution in [0.2, 0.25) is 5.02 Å². The van der Waals surface area contributed by atoms with E-state index in [1.807, 2.05) is 0 Å². The van der Waals surface area contributed by atoms with Crippen LogP contribution in [0.15, 0.2) is 47.4 Å². The number of benzene rings is 1. The van der Waals surface area contributed by atoms with Crippen molar-refractivity contribution in [3.63, 3.8) is 0 Å². The predicted octanol–water partition coefficient (Wildman–Crippen LogP) is 2.17. The lowest BCUT2D eigenvalue weighted by molar-refractivity contribution is -0.123. The van der Waals surface area contributed by atoms with Crippen molar-refractivity contribution in [3.8, 4) is 0 Å². The Morgan fingerprint density at radius 2 is 1.89 bits per heavy atom. The highest BCUT2D eigenvalue weighted by molar-refractivity contribution is 6.30. The molecule has 1 aromatic carbocycles. The minimum absolute atomic E-state index is 0.0445. The number of anilines is 1. The number of carbonyl (C=O) groups excluding carboxylic acids is 2. The Morgan fingerprint density at radius 1 is 1.19 bits per heavy atom. The van der Waals surface area contributed by atoms with E-state index in [1.54, 1.807) is 30.3 Å². The zero-order valence-corrected chi connectivity index (χ0v) is 15.2. The number of rotatable bonds is 4. The Kier molecular flexibility index (Phi) is 5.18. The van der Waals surface area contributed by atoms with Gasteiger partial charge in [0.05, 0.1) is 10.4 Å². The van der Waals surface area contributed by atoms with Gasteiger partial charge in [-0.2, -0.15) is 5.10 Å². The van der Waals surface area contributed by atoms with Crippen LogP contribution in [-0.2, 0) is 16.6 Å². The summed E-state index contributed by atoms with van der Waals surface area (Å²) in [6.45, 7) is 1.42. The Morgan fingerprint density at radius 3 is 2.56 bits per heavy atom. The summed E-state index contributed by atoms with van der Waals surface area (Å²) in [6.07, 6.45) is 0.279. The highest BCUT2D eigenvalue weighted by atomic mass is 35.5. The topological polar surface area (TPSA) is 103 Å². The third-order valence-electron chi connectivity index (χ3n) is 3.78. The minimum Gasteiger partial charge on any atom is -0.448 e. The first kappa shape index (κ1) is 18.5. The molecule has 138 valence electrons. The smallest absolute Gasteiger partial charge is 0.360 e. The molecule has 1 N–H and O–H groups in total. The van der Waals surface area contributed by atoms with Crippen molar-refractivity contribution in [2.45, 2.75) is 13.0 Å². The van der Waals surface area contributed by atoms with Gasteiger partial charge < -0.3 is 10.1 Å². The molecule has 1 amide bonds. The molecule has 9 heteroatoms. The second kappa shape index (κ2) is 7.55. The van der Waals surface area contributed by atoms with Crippen LogP contribution in [-0.4, -0.2) is 32.7 Å². The van der Waals surface area contributed by atoms with Crippen molar-refractivity contribution in [1.29, 1.82) is 0 Å². The van der Waals surface area contributed by atoms with Crippen LogP contribution in [0.5, 0.6) is 0 Å². The molecule has 2 heterocycles. The standard InChI is InChI=1S/C18H15ClN4O4/c1-10(16(24)21-14-8-7-11(19)9-20-14)27-18(26)15-12-5-3-4-6-13(12)17(25)23(2)22-15/h3-10H,1-2H3,(H,20,21,24)/t10-/m0/s1. The maximum absolute atomic E-state index is 12.5. The molecule has 0 aliphatic carbocycles. The molecule has 3 aromatic rings. The van der Waals surface area contributed by atoms with Crippen LogP contribution in [0.25, 0.3) is 10.8 Å². The second-order valence-electron chi connectivity index (χ2n) is 5.72. The summed E-state index contributed by atoms with van der Waals surface area (Å²) in [7, 11) is 1.44. The highest BCUT2D eigenvalue weighted by Crippen LogP contribution is 2.15. The molecule has 0 bridgehead atoms. The molecule has 0 unspecified atom stereocenters. The van der Waals surface area contributed by atoms with Crippen molar-refractivity contribution in [2.24, 2.45) is 7.05 Å². The van der Waals surface area contributed by atoms with Crippen molar-refractivity contribution < 1.29 is 14.3 Å². The number of aryl methyl sites for hydroxylation is 1. The third-order valence-corrected chi connectivity index (χ3v) is 4.01. The average Bonchev–Trinajstić information content (AvgIpc) is 2.66. The molecule has 0 fully saturated rings. The number of nitrogens with zero attached hydrogens (tertiary/aromatic N) is 3. The van der Waals surface area contributed by atoms with Crippen LogP contribution in [0.1, 0.15) is 17.4 Å². The number of aromatic nitrogens is 3.